The minimum Gasteiger partial charge on any atom is -0.325 e. The molecule has 4 nitrogen and oxygen atoms in total. The van der Waals surface area contributed by atoms with Gasteiger partial charge in [-0.15, -0.1) is 0 Å². The van der Waals surface area contributed by atoms with E-state index in [1.807, 2.05) is 75.4 Å². The number of aromatic nitrogens is 2. The van der Waals surface area contributed by atoms with Gasteiger partial charge in [0.15, 0.2) is 0 Å². The largest absolute Gasteiger partial charge is 0.325 e. The predicted molar refractivity (Wildman–Crippen MR) is 107 cm³/mol. The molecular formula is C21H21N3OS. The van der Waals surface area contributed by atoms with E-state index in [4.69, 9.17) is 0 Å². The van der Waals surface area contributed by atoms with Gasteiger partial charge in [-0.05, 0) is 44.0 Å². The number of nitrogens with zero attached hydrogens (tertiary/aromatic N) is 2. The lowest BCUT2D eigenvalue weighted by atomic mass is 10.1. The number of thioether (sulfide) groups is 1. The lowest BCUT2D eigenvalue weighted by Crippen LogP contribution is -2.23. The summed E-state index contributed by atoms with van der Waals surface area (Å²) in [4.78, 5) is 21.2. The van der Waals surface area contributed by atoms with E-state index in [0.29, 0.717) is 0 Å². The van der Waals surface area contributed by atoms with Crippen molar-refractivity contribution in [2.24, 2.45) is 0 Å². The lowest BCUT2D eigenvalue weighted by Gasteiger charge is -2.14. The number of aryl methyl sites for hydroxylation is 2. The van der Waals surface area contributed by atoms with Gasteiger partial charge in [0.25, 0.3) is 0 Å². The van der Waals surface area contributed by atoms with Crippen molar-refractivity contribution in [2.75, 3.05) is 5.32 Å². The molecule has 0 aliphatic heterocycles. The van der Waals surface area contributed by atoms with Crippen molar-refractivity contribution < 1.29 is 4.79 Å². The number of nitrogens with one attached hydrogen (secondary N) is 1. The molecule has 0 saturated heterocycles. The molecule has 0 fully saturated rings. The van der Waals surface area contributed by atoms with Crippen LogP contribution >= 0.6 is 11.8 Å². The highest BCUT2D eigenvalue weighted by Crippen LogP contribution is 2.26. The number of anilines is 1. The SMILES string of the molecule is Cc1ccc(C)c(NC(=O)C(C)Sc2cc(-c3ccccc3)ncn2)c1. The first-order valence-corrected chi connectivity index (χ1v) is 9.33. The van der Waals surface area contributed by atoms with Gasteiger partial charge in [0.1, 0.15) is 11.4 Å². The van der Waals surface area contributed by atoms with Crippen LogP contribution in [0, 0.1) is 13.8 Å². The van der Waals surface area contributed by atoms with E-state index < -0.39 is 0 Å². The molecule has 2 aromatic carbocycles. The zero-order valence-electron chi connectivity index (χ0n) is 15.1. The first-order chi connectivity index (χ1) is 12.5. The number of carbonyl (C=O) groups is 1. The highest BCUT2D eigenvalue weighted by molar-refractivity contribution is 8.00. The molecule has 26 heavy (non-hydrogen) atoms. The fraction of sp³-hybridized carbons (Fsp3) is 0.190. The Hall–Kier alpha value is -2.66. The van der Waals surface area contributed by atoms with Crippen molar-refractivity contribution in [1.29, 1.82) is 0 Å². The first-order valence-electron chi connectivity index (χ1n) is 8.45. The van der Waals surface area contributed by atoms with E-state index in [-0.39, 0.29) is 11.2 Å². The molecule has 1 aromatic heterocycles. The van der Waals surface area contributed by atoms with E-state index in [2.05, 4.69) is 15.3 Å². The number of hydrogen-bond donors (Lipinski definition) is 1. The van der Waals surface area contributed by atoms with Crippen molar-refractivity contribution >= 4 is 23.4 Å². The smallest absolute Gasteiger partial charge is 0.237 e. The summed E-state index contributed by atoms with van der Waals surface area (Å²) in [6, 6.07) is 17.9. The van der Waals surface area contributed by atoms with Crippen LogP contribution in [0.2, 0.25) is 0 Å². The lowest BCUT2D eigenvalue weighted by molar-refractivity contribution is -0.115. The third-order valence-electron chi connectivity index (χ3n) is 4.03. The number of hydrogen-bond acceptors (Lipinski definition) is 4. The second-order valence-corrected chi connectivity index (χ2v) is 7.54. The summed E-state index contributed by atoms with van der Waals surface area (Å²) in [6.07, 6.45) is 1.54. The topological polar surface area (TPSA) is 54.9 Å². The fourth-order valence-corrected chi connectivity index (χ4v) is 3.33. The summed E-state index contributed by atoms with van der Waals surface area (Å²) < 4.78 is 0. The summed E-state index contributed by atoms with van der Waals surface area (Å²) in [6.45, 7) is 5.89. The molecule has 0 aliphatic rings. The van der Waals surface area contributed by atoms with Crippen LogP contribution in [0.5, 0.6) is 0 Å². The van der Waals surface area contributed by atoms with E-state index in [1.54, 1.807) is 6.33 Å². The van der Waals surface area contributed by atoms with Crippen LogP contribution in [-0.2, 0) is 4.79 Å². The monoisotopic (exact) mass is 363 g/mol. The molecule has 132 valence electrons. The van der Waals surface area contributed by atoms with Crippen LogP contribution < -0.4 is 5.32 Å². The molecule has 1 unspecified atom stereocenters. The maximum atomic E-state index is 12.6. The Bertz CT molecular complexity index is 912. The summed E-state index contributed by atoms with van der Waals surface area (Å²) in [5.74, 6) is -0.0384. The number of amides is 1. The zero-order valence-corrected chi connectivity index (χ0v) is 15.9. The molecule has 5 heteroatoms. The number of carbonyl (C=O) groups excluding carboxylic acids is 1. The average molecular weight is 363 g/mol. The Kier molecular flexibility index (Phi) is 5.68. The fourth-order valence-electron chi connectivity index (χ4n) is 2.51. The average Bonchev–Trinajstić information content (AvgIpc) is 2.65. The molecule has 0 radical (unpaired) electrons. The van der Waals surface area contributed by atoms with E-state index in [0.717, 1.165) is 33.1 Å². The summed E-state index contributed by atoms with van der Waals surface area (Å²) in [5, 5.41) is 3.52. The number of rotatable bonds is 5. The summed E-state index contributed by atoms with van der Waals surface area (Å²) in [5.41, 5.74) is 4.91. The highest BCUT2D eigenvalue weighted by Gasteiger charge is 2.16. The summed E-state index contributed by atoms with van der Waals surface area (Å²) in [7, 11) is 0. The van der Waals surface area contributed by atoms with Gasteiger partial charge >= 0.3 is 0 Å². The van der Waals surface area contributed by atoms with E-state index >= 15 is 0 Å². The highest BCUT2D eigenvalue weighted by atomic mass is 32.2. The van der Waals surface area contributed by atoms with Crippen LogP contribution in [-0.4, -0.2) is 21.1 Å². The van der Waals surface area contributed by atoms with Crippen LogP contribution in [0.15, 0.2) is 66.0 Å². The van der Waals surface area contributed by atoms with Crippen LogP contribution in [0.3, 0.4) is 0 Å². The molecule has 1 N–H and O–H groups in total. The second-order valence-electron chi connectivity index (χ2n) is 6.18. The Labute approximate surface area is 158 Å². The maximum absolute atomic E-state index is 12.6. The van der Waals surface area contributed by atoms with Gasteiger partial charge in [-0.1, -0.05) is 54.2 Å². The molecule has 0 aliphatic carbocycles. The van der Waals surface area contributed by atoms with Gasteiger partial charge in [0.05, 0.1) is 10.9 Å². The first kappa shape index (κ1) is 18.1. The molecule has 0 bridgehead atoms. The van der Waals surface area contributed by atoms with Crippen molar-refractivity contribution in [3.8, 4) is 11.3 Å². The van der Waals surface area contributed by atoms with E-state index in [9.17, 15) is 4.79 Å². The van der Waals surface area contributed by atoms with Crippen molar-refractivity contribution in [3.05, 3.63) is 72.1 Å². The van der Waals surface area contributed by atoms with Gasteiger partial charge in [0.2, 0.25) is 5.91 Å². The van der Waals surface area contributed by atoms with Gasteiger partial charge in [0, 0.05) is 11.3 Å². The Balaban J connectivity index is 1.70. The molecule has 3 aromatic rings. The quantitative estimate of drug-likeness (QED) is 0.518. The summed E-state index contributed by atoms with van der Waals surface area (Å²) >= 11 is 1.43. The zero-order chi connectivity index (χ0) is 18.5. The minimum atomic E-state index is -0.270. The van der Waals surface area contributed by atoms with Gasteiger partial charge < -0.3 is 5.32 Å². The van der Waals surface area contributed by atoms with Crippen molar-refractivity contribution in [1.82, 2.24) is 9.97 Å². The normalized spacial score (nSPS) is 11.8. The minimum absolute atomic E-state index is 0.0384. The van der Waals surface area contributed by atoms with Crippen molar-refractivity contribution in [3.63, 3.8) is 0 Å². The molecule has 1 heterocycles. The Morgan fingerprint density at radius 1 is 1.04 bits per heavy atom. The molecular weight excluding hydrogens is 342 g/mol. The van der Waals surface area contributed by atoms with Crippen LogP contribution in [0.25, 0.3) is 11.3 Å². The standard InChI is InChI=1S/C21H21N3OS/c1-14-9-10-15(2)18(11-14)24-21(25)16(3)26-20-12-19(22-13-23-20)17-7-5-4-6-8-17/h4-13,16H,1-3H3,(H,24,25). The molecule has 3 rings (SSSR count). The van der Waals surface area contributed by atoms with Crippen LogP contribution in [0.4, 0.5) is 5.69 Å². The predicted octanol–water partition coefficient (Wildman–Crippen LogP) is 4.88. The van der Waals surface area contributed by atoms with Gasteiger partial charge in [-0.3, -0.25) is 4.79 Å². The third-order valence-corrected chi connectivity index (χ3v) is 5.06. The second kappa shape index (κ2) is 8.15. The molecule has 1 atom stereocenters. The van der Waals surface area contributed by atoms with Crippen molar-refractivity contribution in [2.45, 2.75) is 31.0 Å². The van der Waals surface area contributed by atoms with Gasteiger partial charge in [-0.2, -0.15) is 0 Å². The molecule has 1 amide bonds. The molecule has 0 saturated carbocycles. The van der Waals surface area contributed by atoms with Crippen LogP contribution in [0.1, 0.15) is 18.1 Å². The van der Waals surface area contributed by atoms with E-state index in [1.165, 1.54) is 11.8 Å². The maximum Gasteiger partial charge on any atom is 0.237 e. The number of benzene rings is 2. The molecule has 0 spiro atoms. The van der Waals surface area contributed by atoms with Gasteiger partial charge in [-0.25, -0.2) is 9.97 Å². The third kappa shape index (κ3) is 4.49. The Morgan fingerprint density at radius 2 is 1.81 bits per heavy atom. The Morgan fingerprint density at radius 3 is 2.58 bits per heavy atom.